The van der Waals surface area contributed by atoms with Crippen LogP contribution in [0.5, 0.6) is 0 Å². The molecular formula is C13H17N3. The highest BCUT2D eigenvalue weighted by molar-refractivity contribution is 5.31. The highest BCUT2D eigenvalue weighted by atomic mass is 15.3. The van der Waals surface area contributed by atoms with Gasteiger partial charge >= 0.3 is 0 Å². The molecule has 2 rings (SSSR count). The predicted octanol–water partition coefficient (Wildman–Crippen LogP) is 2.64. The Morgan fingerprint density at radius 3 is 2.44 bits per heavy atom. The van der Waals surface area contributed by atoms with Crippen LogP contribution in [0.1, 0.15) is 31.0 Å². The third-order valence-corrected chi connectivity index (χ3v) is 2.94. The van der Waals surface area contributed by atoms with Crippen molar-refractivity contribution >= 4 is 5.82 Å². The minimum Gasteiger partial charge on any atom is -0.384 e. The lowest BCUT2D eigenvalue weighted by Crippen LogP contribution is -2.11. The zero-order valence-corrected chi connectivity index (χ0v) is 9.72. The maximum Gasteiger partial charge on any atom is 0.122 e. The molecule has 0 saturated heterocycles. The molecule has 84 valence electrons. The SMILES string of the molecule is CCc1ccc(C(C)n2nccc2N)cc1. The van der Waals surface area contributed by atoms with E-state index in [0.29, 0.717) is 5.82 Å². The highest BCUT2D eigenvalue weighted by Crippen LogP contribution is 2.20. The van der Waals surface area contributed by atoms with Crippen molar-refractivity contribution in [3.05, 3.63) is 47.7 Å². The summed E-state index contributed by atoms with van der Waals surface area (Å²) in [5.74, 6) is 0.701. The Bertz CT molecular complexity index is 456. The summed E-state index contributed by atoms with van der Waals surface area (Å²) in [6, 6.07) is 10.6. The van der Waals surface area contributed by atoms with Gasteiger partial charge in [0.05, 0.1) is 12.2 Å². The number of hydrogen-bond acceptors (Lipinski definition) is 2. The molecule has 0 bridgehead atoms. The van der Waals surface area contributed by atoms with Gasteiger partial charge in [0.2, 0.25) is 0 Å². The van der Waals surface area contributed by atoms with Crippen molar-refractivity contribution in [3.63, 3.8) is 0 Å². The number of benzene rings is 1. The molecule has 0 fully saturated rings. The summed E-state index contributed by atoms with van der Waals surface area (Å²) in [4.78, 5) is 0. The lowest BCUT2D eigenvalue weighted by molar-refractivity contribution is 0.573. The van der Waals surface area contributed by atoms with E-state index < -0.39 is 0 Å². The summed E-state index contributed by atoms with van der Waals surface area (Å²) >= 11 is 0. The molecule has 0 saturated carbocycles. The molecule has 16 heavy (non-hydrogen) atoms. The van der Waals surface area contributed by atoms with Crippen LogP contribution < -0.4 is 5.73 Å². The van der Waals surface area contributed by atoms with Crippen LogP contribution in [0.25, 0.3) is 0 Å². The Morgan fingerprint density at radius 1 is 1.25 bits per heavy atom. The van der Waals surface area contributed by atoms with Crippen LogP contribution in [-0.2, 0) is 6.42 Å². The zero-order valence-electron chi connectivity index (χ0n) is 9.72. The lowest BCUT2D eigenvalue weighted by Gasteiger charge is -2.14. The molecule has 0 spiro atoms. The Labute approximate surface area is 95.9 Å². The quantitative estimate of drug-likeness (QED) is 0.855. The molecule has 3 nitrogen and oxygen atoms in total. The summed E-state index contributed by atoms with van der Waals surface area (Å²) in [6.45, 7) is 4.26. The number of rotatable bonds is 3. The third kappa shape index (κ3) is 1.94. The standard InChI is InChI=1S/C13H17N3/c1-3-11-4-6-12(7-5-11)10(2)16-13(14)8-9-15-16/h4-10H,3,14H2,1-2H3. The van der Waals surface area contributed by atoms with Gasteiger partial charge in [0, 0.05) is 0 Å². The second-order valence-corrected chi connectivity index (χ2v) is 3.97. The van der Waals surface area contributed by atoms with Crippen LogP contribution in [0.4, 0.5) is 5.82 Å². The van der Waals surface area contributed by atoms with Crippen LogP contribution in [0.2, 0.25) is 0 Å². The van der Waals surface area contributed by atoms with E-state index in [4.69, 9.17) is 5.73 Å². The number of aryl methyl sites for hydroxylation is 1. The van der Waals surface area contributed by atoms with Gasteiger partial charge in [-0.1, -0.05) is 31.2 Å². The fourth-order valence-electron chi connectivity index (χ4n) is 1.82. The van der Waals surface area contributed by atoms with Gasteiger partial charge in [-0.05, 0) is 30.5 Å². The van der Waals surface area contributed by atoms with E-state index in [1.807, 2.05) is 10.7 Å². The van der Waals surface area contributed by atoms with Crippen molar-refractivity contribution in [2.45, 2.75) is 26.3 Å². The average molecular weight is 215 g/mol. The summed E-state index contributed by atoms with van der Waals surface area (Å²) in [5, 5.41) is 4.23. The molecule has 0 amide bonds. The van der Waals surface area contributed by atoms with Crippen molar-refractivity contribution in [2.75, 3.05) is 5.73 Å². The Hall–Kier alpha value is -1.77. The van der Waals surface area contributed by atoms with Crippen molar-refractivity contribution < 1.29 is 0 Å². The van der Waals surface area contributed by atoms with Gasteiger partial charge in [0.25, 0.3) is 0 Å². The summed E-state index contributed by atoms with van der Waals surface area (Å²) in [5.41, 5.74) is 8.42. The number of nitrogens with zero attached hydrogens (tertiary/aromatic N) is 2. The van der Waals surface area contributed by atoms with E-state index in [0.717, 1.165) is 6.42 Å². The second kappa shape index (κ2) is 4.39. The highest BCUT2D eigenvalue weighted by Gasteiger charge is 2.10. The number of aromatic nitrogens is 2. The molecule has 0 radical (unpaired) electrons. The molecule has 3 heteroatoms. The van der Waals surface area contributed by atoms with Crippen molar-refractivity contribution in [1.82, 2.24) is 9.78 Å². The average Bonchev–Trinajstić information content (AvgIpc) is 2.75. The molecular weight excluding hydrogens is 198 g/mol. The largest absolute Gasteiger partial charge is 0.384 e. The van der Waals surface area contributed by atoms with Gasteiger partial charge in [-0.2, -0.15) is 5.10 Å². The molecule has 0 aliphatic rings. The van der Waals surface area contributed by atoms with Gasteiger partial charge in [-0.3, -0.25) is 0 Å². The van der Waals surface area contributed by atoms with E-state index in [-0.39, 0.29) is 6.04 Å². The molecule has 1 aromatic carbocycles. The molecule has 0 aliphatic carbocycles. The van der Waals surface area contributed by atoms with Crippen molar-refractivity contribution in [1.29, 1.82) is 0 Å². The van der Waals surface area contributed by atoms with Crippen LogP contribution in [-0.4, -0.2) is 9.78 Å². The molecule has 1 aromatic heterocycles. The van der Waals surface area contributed by atoms with Crippen LogP contribution in [0.15, 0.2) is 36.5 Å². The van der Waals surface area contributed by atoms with Crippen molar-refractivity contribution in [3.8, 4) is 0 Å². The van der Waals surface area contributed by atoms with Crippen molar-refractivity contribution in [2.24, 2.45) is 0 Å². The zero-order chi connectivity index (χ0) is 11.5. The third-order valence-electron chi connectivity index (χ3n) is 2.94. The number of nitrogens with two attached hydrogens (primary N) is 1. The molecule has 2 aromatic rings. The molecule has 1 heterocycles. The maximum absolute atomic E-state index is 5.84. The van der Waals surface area contributed by atoms with E-state index in [2.05, 4.69) is 43.2 Å². The Morgan fingerprint density at radius 2 is 1.94 bits per heavy atom. The minimum atomic E-state index is 0.181. The van der Waals surface area contributed by atoms with Gasteiger partial charge in [-0.25, -0.2) is 4.68 Å². The molecule has 0 aliphatic heterocycles. The molecule has 2 N–H and O–H groups in total. The Kier molecular flexibility index (Phi) is 2.95. The van der Waals surface area contributed by atoms with Crippen LogP contribution in [0.3, 0.4) is 0 Å². The van der Waals surface area contributed by atoms with Crippen LogP contribution >= 0.6 is 0 Å². The first-order valence-electron chi connectivity index (χ1n) is 5.60. The lowest BCUT2D eigenvalue weighted by atomic mass is 10.1. The number of nitrogen functional groups attached to an aromatic ring is 1. The van der Waals surface area contributed by atoms with E-state index in [1.165, 1.54) is 11.1 Å². The minimum absolute atomic E-state index is 0.181. The van der Waals surface area contributed by atoms with Gasteiger partial charge in [-0.15, -0.1) is 0 Å². The second-order valence-electron chi connectivity index (χ2n) is 3.97. The first kappa shape index (κ1) is 10.7. The normalized spacial score (nSPS) is 12.6. The molecule has 1 unspecified atom stereocenters. The summed E-state index contributed by atoms with van der Waals surface area (Å²) < 4.78 is 1.83. The topological polar surface area (TPSA) is 43.8 Å². The van der Waals surface area contributed by atoms with Crippen LogP contribution in [0, 0.1) is 0 Å². The smallest absolute Gasteiger partial charge is 0.122 e. The summed E-state index contributed by atoms with van der Waals surface area (Å²) in [6.07, 6.45) is 2.80. The van der Waals surface area contributed by atoms with Gasteiger partial charge < -0.3 is 5.73 Å². The number of anilines is 1. The Balaban J connectivity index is 2.27. The van der Waals surface area contributed by atoms with E-state index >= 15 is 0 Å². The fraction of sp³-hybridized carbons (Fsp3) is 0.308. The molecule has 1 atom stereocenters. The number of hydrogen-bond donors (Lipinski definition) is 1. The van der Waals surface area contributed by atoms with E-state index in [1.54, 1.807) is 6.20 Å². The maximum atomic E-state index is 5.84. The fourth-order valence-corrected chi connectivity index (χ4v) is 1.82. The van der Waals surface area contributed by atoms with E-state index in [9.17, 15) is 0 Å². The predicted molar refractivity (Wildman–Crippen MR) is 66.3 cm³/mol. The first-order chi connectivity index (χ1) is 7.72. The summed E-state index contributed by atoms with van der Waals surface area (Å²) in [7, 11) is 0. The first-order valence-corrected chi connectivity index (χ1v) is 5.60. The van der Waals surface area contributed by atoms with Gasteiger partial charge in [0.15, 0.2) is 0 Å². The van der Waals surface area contributed by atoms with Gasteiger partial charge in [0.1, 0.15) is 5.82 Å². The monoisotopic (exact) mass is 215 g/mol.